The predicted molar refractivity (Wildman–Crippen MR) is 84.4 cm³/mol. The van der Waals surface area contributed by atoms with Gasteiger partial charge in [-0.2, -0.15) is 0 Å². The summed E-state index contributed by atoms with van der Waals surface area (Å²) in [4.78, 5) is 12.2. The summed E-state index contributed by atoms with van der Waals surface area (Å²) < 4.78 is 31.8. The quantitative estimate of drug-likeness (QED) is 0.848. The molecule has 23 heavy (non-hydrogen) atoms. The van der Waals surface area contributed by atoms with Crippen molar-refractivity contribution in [3.05, 3.63) is 53.8 Å². The van der Waals surface area contributed by atoms with Crippen molar-refractivity contribution in [1.29, 1.82) is 0 Å². The number of rotatable bonds is 6. The fraction of sp³-hybridized carbons (Fsp3) is 0.312. The summed E-state index contributed by atoms with van der Waals surface area (Å²) in [7, 11) is -3.69. The minimum absolute atomic E-state index is 0.0134. The van der Waals surface area contributed by atoms with E-state index < -0.39 is 15.9 Å². The lowest BCUT2D eigenvalue weighted by molar-refractivity contribution is 0.0906. The Morgan fingerprint density at radius 1 is 1.17 bits per heavy atom. The standard InChI is InChI=1S/C16H18N2O4S/c1-11(12-5-3-2-4-6-12)17-16(19)14-9-10-15(22-14)23(20,21)18-13-7-8-13/h2-6,9-11,13,18H,7-8H2,1H3,(H,17,19)/t11-/m1/s1. The van der Waals surface area contributed by atoms with Gasteiger partial charge in [0.15, 0.2) is 5.76 Å². The van der Waals surface area contributed by atoms with Gasteiger partial charge in [-0.1, -0.05) is 30.3 Å². The summed E-state index contributed by atoms with van der Waals surface area (Å²) in [6.07, 6.45) is 1.67. The average Bonchev–Trinajstić information content (AvgIpc) is 3.18. The molecule has 2 N–H and O–H groups in total. The molecule has 0 spiro atoms. The Morgan fingerprint density at radius 3 is 2.52 bits per heavy atom. The lowest BCUT2D eigenvalue weighted by Crippen LogP contribution is -2.27. The number of benzene rings is 1. The van der Waals surface area contributed by atoms with Crippen LogP contribution >= 0.6 is 0 Å². The minimum Gasteiger partial charge on any atom is -0.438 e. The van der Waals surface area contributed by atoms with Crippen LogP contribution in [0.2, 0.25) is 0 Å². The number of carbonyl (C=O) groups is 1. The monoisotopic (exact) mass is 334 g/mol. The topological polar surface area (TPSA) is 88.4 Å². The van der Waals surface area contributed by atoms with Crippen LogP contribution in [0.1, 0.15) is 41.9 Å². The Morgan fingerprint density at radius 2 is 1.87 bits per heavy atom. The molecular weight excluding hydrogens is 316 g/mol. The maximum atomic E-state index is 12.2. The Kier molecular flexibility index (Phi) is 4.23. The molecule has 0 aliphatic heterocycles. The van der Waals surface area contributed by atoms with E-state index in [-0.39, 0.29) is 22.9 Å². The molecule has 1 aromatic carbocycles. The van der Waals surface area contributed by atoms with Gasteiger partial charge in [-0.05, 0) is 37.5 Å². The molecule has 1 saturated carbocycles. The van der Waals surface area contributed by atoms with E-state index in [1.54, 1.807) is 0 Å². The molecule has 1 amide bonds. The van der Waals surface area contributed by atoms with E-state index >= 15 is 0 Å². The van der Waals surface area contributed by atoms with Crippen LogP contribution in [-0.4, -0.2) is 20.4 Å². The van der Waals surface area contributed by atoms with Gasteiger partial charge in [-0.15, -0.1) is 0 Å². The number of furan rings is 1. The average molecular weight is 334 g/mol. The first-order chi connectivity index (χ1) is 11.0. The predicted octanol–water partition coefficient (Wildman–Crippen LogP) is 2.21. The van der Waals surface area contributed by atoms with E-state index in [4.69, 9.17) is 4.42 Å². The van der Waals surface area contributed by atoms with E-state index in [2.05, 4.69) is 10.0 Å². The Bertz CT molecular complexity index is 794. The first kappa shape index (κ1) is 15.8. The van der Waals surface area contributed by atoms with Crippen LogP contribution in [0.3, 0.4) is 0 Å². The third kappa shape index (κ3) is 3.80. The Balaban J connectivity index is 1.68. The second-order valence-electron chi connectivity index (χ2n) is 5.62. The van der Waals surface area contributed by atoms with E-state index in [0.29, 0.717) is 0 Å². The van der Waals surface area contributed by atoms with Gasteiger partial charge in [0.2, 0.25) is 5.09 Å². The summed E-state index contributed by atoms with van der Waals surface area (Å²) in [5.74, 6) is -0.474. The molecule has 0 unspecified atom stereocenters. The van der Waals surface area contributed by atoms with Gasteiger partial charge in [-0.3, -0.25) is 4.79 Å². The smallest absolute Gasteiger partial charge is 0.287 e. The third-order valence-corrected chi connectivity index (χ3v) is 5.01. The molecule has 0 bridgehead atoms. The molecule has 0 saturated heterocycles. The number of hydrogen-bond acceptors (Lipinski definition) is 4. The van der Waals surface area contributed by atoms with Crippen LogP contribution in [0.4, 0.5) is 0 Å². The largest absolute Gasteiger partial charge is 0.438 e. The number of hydrogen-bond donors (Lipinski definition) is 2. The molecular formula is C16H18N2O4S. The summed E-state index contributed by atoms with van der Waals surface area (Å²) in [6.45, 7) is 1.85. The summed E-state index contributed by atoms with van der Waals surface area (Å²) >= 11 is 0. The maximum Gasteiger partial charge on any atom is 0.287 e. The minimum atomic E-state index is -3.69. The molecule has 1 aliphatic rings. The molecule has 6 nitrogen and oxygen atoms in total. The summed E-state index contributed by atoms with van der Waals surface area (Å²) in [5.41, 5.74) is 0.954. The van der Waals surface area contributed by atoms with E-state index in [0.717, 1.165) is 18.4 Å². The van der Waals surface area contributed by atoms with Crippen LogP contribution in [0, 0.1) is 0 Å². The third-order valence-electron chi connectivity index (χ3n) is 3.62. The number of carbonyl (C=O) groups excluding carboxylic acids is 1. The highest BCUT2D eigenvalue weighted by Crippen LogP contribution is 2.23. The summed E-state index contributed by atoms with van der Waals surface area (Å²) in [6, 6.07) is 11.9. The second-order valence-corrected chi connectivity index (χ2v) is 7.27. The van der Waals surface area contributed by atoms with Crippen molar-refractivity contribution in [1.82, 2.24) is 10.0 Å². The first-order valence-electron chi connectivity index (χ1n) is 7.44. The number of amides is 1. The highest BCUT2D eigenvalue weighted by molar-refractivity contribution is 7.89. The fourth-order valence-corrected chi connectivity index (χ4v) is 3.40. The van der Waals surface area contributed by atoms with Crippen molar-refractivity contribution in [2.45, 2.75) is 36.9 Å². The van der Waals surface area contributed by atoms with Gasteiger partial charge in [0, 0.05) is 6.04 Å². The zero-order valence-corrected chi connectivity index (χ0v) is 13.5. The van der Waals surface area contributed by atoms with Gasteiger partial charge in [0.25, 0.3) is 15.9 Å². The highest BCUT2D eigenvalue weighted by atomic mass is 32.2. The molecule has 3 rings (SSSR count). The molecule has 1 aromatic heterocycles. The van der Waals surface area contributed by atoms with Crippen LogP contribution in [-0.2, 0) is 10.0 Å². The van der Waals surface area contributed by atoms with Gasteiger partial charge in [-0.25, -0.2) is 13.1 Å². The van der Waals surface area contributed by atoms with Gasteiger partial charge >= 0.3 is 0 Å². The van der Waals surface area contributed by atoms with Gasteiger partial charge in [0.1, 0.15) is 0 Å². The van der Waals surface area contributed by atoms with Crippen LogP contribution in [0.15, 0.2) is 52.0 Å². The lowest BCUT2D eigenvalue weighted by Gasteiger charge is -2.13. The van der Waals surface area contributed by atoms with Crippen molar-refractivity contribution in [2.75, 3.05) is 0 Å². The molecule has 0 radical (unpaired) electrons. The number of nitrogens with one attached hydrogen (secondary N) is 2. The fourth-order valence-electron chi connectivity index (χ4n) is 2.16. The van der Waals surface area contributed by atoms with E-state index in [1.165, 1.54) is 12.1 Å². The second kappa shape index (κ2) is 6.17. The molecule has 122 valence electrons. The van der Waals surface area contributed by atoms with Crippen molar-refractivity contribution in [3.63, 3.8) is 0 Å². The molecule has 1 aliphatic carbocycles. The van der Waals surface area contributed by atoms with Crippen molar-refractivity contribution < 1.29 is 17.6 Å². The molecule has 1 atom stereocenters. The zero-order valence-electron chi connectivity index (χ0n) is 12.7. The van der Waals surface area contributed by atoms with Gasteiger partial charge < -0.3 is 9.73 Å². The normalized spacial score (nSPS) is 16.0. The molecule has 2 aromatic rings. The maximum absolute atomic E-state index is 12.2. The molecule has 1 heterocycles. The van der Waals surface area contributed by atoms with Crippen LogP contribution in [0.5, 0.6) is 0 Å². The van der Waals surface area contributed by atoms with Crippen LogP contribution in [0.25, 0.3) is 0 Å². The zero-order chi connectivity index (χ0) is 16.4. The Labute approximate surface area is 134 Å². The van der Waals surface area contributed by atoms with Gasteiger partial charge in [0.05, 0.1) is 6.04 Å². The van der Waals surface area contributed by atoms with E-state index in [1.807, 2.05) is 37.3 Å². The van der Waals surface area contributed by atoms with Crippen molar-refractivity contribution in [2.24, 2.45) is 0 Å². The lowest BCUT2D eigenvalue weighted by atomic mass is 10.1. The SMILES string of the molecule is C[C@@H](NC(=O)c1ccc(S(=O)(=O)NC2CC2)o1)c1ccccc1. The highest BCUT2D eigenvalue weighted by Gasteiger charge is 2.30. The van der Waals surface area contributed by atoms with E-state index in [9.17, 15) is 13.2 Å². The first-order valence-corrected chi connectivity index (χ1v) is 8.92. The molecule has 7 heteroatoms. The number of sulfonamides is 1. The summed E-state index contributed by atoms with van der Waals surface area (Å²) in [5, 5.41) is 2.55. The van der Waals surface area contributed by atoms with Crippen molar-refractivity contribution >= 4 is 15.9 Å². The molecule has 1 fully saturated rings. The Hall–Kier alpha value is -2.12. The van der Waals surface area contributed by atoms with Crippen molar-refractivity contribution in [3.8, 4) is 0 Å². The van der Waals surface area contributed by atoms with Crippen LogP contribution < -0.4 is 10.0 Å².